The SMILES string of the molecule is COc1cc(/C=C(/C#N)C(=O)Nc2ccc(Cl)cc2)cc(Br)c1OCc1ccc(Br)cc1. The molecule has 5 nitrogen and oxygen atoms in total. The molecular weight excluding hydrogens is 560 g/mol. The van der Waals surface area contributed by atoms with Crippen LogP contribution in [0.15, 0.2) is 75.2 Å². The summed E-state index contributed by atoms with van der Waals surface area (Å²) in [4.78, 5) is 12.5. The Balaban J connectivity index is 1.80. The third kappa shape index (κ3) is 6.36. The predicted octanol–water partition coefficient (Wildman–Crippen LogP) is 7.00. The highest BCUT2D eigenvalue weighted by atomic mass is 79.9. The van der Waals surface area contributed by atoms with Gasteiger partial charge in [0, 0.05) is 15.2 Å². The summed E-state index contributed by atoms with van der Waals surface area (Å²) in [6.45, 7) is 0.352. The van der Waals surface area contributed by atoms with Crippen molar-refractivity contribution in [3.8, 4) is 17.6 Å². The number of nitrogens with zero attached hydrogens (tertiary/aromatic N) is 1. The van der Waals surface area contributed by atoms with Crippen molar-refractivity contribution in [2.75, 3.05) is 12.4 Å². The van der Waals surface area contributed by atoms with Gasteiger partial charge in [0.1, 0.15) is 18.2 Å². The van der Waals surface area contributed by atoms with Crippen molar-refractivity contribution < 1.29 is 14.3 Å². The summed E-state index contributed by atoms with van der Waals surface area (Å²) in [5, 5.41) is 12.7. The van der Waals surface area contributed by atoms with E-state index in [1.54, 1.807) is 36.4 Å². The number of methoxy groups -OCH3 is 1. The fourth-order valence-corrected chi connectivity index (χ4v) is 3.71. The van der Waals surface area contributed by atoms with Crippen molar-refractivity contribution >= 4 is 61.1 Å². The van der Waals surface area contributed by atoms with Gasteiger partial charge in [0.15, 0.2) is 11.5 Å². The number of amides is 1. The zero-order valence-electron chi connectivity index (χ0n) is 16.9. The molecule has 0 saturated heterocycles. The largest absolute Gasteiger partial charge is 0.493 e. The van der Waals surface area contributed by atoms with E-state index in [9.17, 15) is 10.1 Å². The monoisotopic (exact) mass is 574 g/mol. The van der Waals surface area contributed by atoms with E-state index in [-0.39, 0.29) is 5.57 Å². The van der Waals surface area contributed by atoms with E-state index in [0.717, 1.165) is 10.0 Å². The lowest BCUT2D eigenvalue weighted by Gasteiger charge is -2.14. The summed E-state index contributed by atoms with van der Waals surface area (Å²) in [6, 6.07) is 19.8. The van der Waals surface area contributed by atoms with Gasteiger partial charge in [-0.2, -0.15) is 5.26 Å². The average Bonchev–Trinajstić information content (AvgIpc) is 2.79. The van der Waals surface area contributed by atoms with Crippen LogP contribution in [0.2, 0.25) is 5.02 Å². The molecule has 0 aromatic heterocycles. The van der Waals surface area contributed by atoms with Crippen LogP contribution in [0.5, 0.6) is 11.5 Å². The molecule has 3 rings (SSSR count). The van der Waals surface area contributed by atoms with E-state index in [4.69, 9.17) is 21.1 Å². The van der Waals surface area contributed by atoms with Crippen LogP contribution in [0.1, 0.15) is 11.1 Å². The van der Waals surface area contributed by atoms with Crippen LogP contribution >= 0.6 is 43.5 Å². The third-order valence-corrected chi connectivity index (χ3v) is 5.70. The molecular formula is C24H17Br2ClN2O3. The number of halogens is 3. The van der Waals surface area contributed by atoms with E-state index in [2.05, 4.69) is 37.2 Å². The van der Waals surface area contributed by atoms with E-state index in [0.29, 0.717) is 38.9 Å². The summed E-state index contributed by atoms with van der Waals surface area (Å²) < 4.78 is 13.0. The fraction of sp³-hybridized carbons (Fsp3) is 0.0833. The fourth-order valence-electron chi connectivity index (χ4n) is 2.75. The Kier molecular flexibility index (Phi) is 8.34. The molecule has 162 valence electrons. The van der Waals surface area contributed by atoms with Gasteiger partial charge >= 0.3 is 0 Å². The summed E-state index contributed by atoms with van der Waals surface area (Å²) in [5.74, 6) is 0.468. The van der Waals surface area contributed by atoms with Gasteiger partial charge in [-0.25, -0.2) is 0 Å². The number of carbonyl (C=O) groups is 1. The number of benzene rings is 3. The molecule has 0 fully saturated rings. The minimum Gasteiger partial charge on any atom is -0.493 e. The smallest absolute Gasteiger partial charge is 0.266 e. The molecule has 0 heterocycles. The number of hydrogen-bond donors (Lipinski definition) is 1. The topological polar surface area (TPSA) is 71.3 Å². The van der Waals surface area contributed by atoms with Crippen molar-refractivity contribution in [2.45, 2.75) is 6.61 Å². The summed E-state index contributed by atoms with van der Waals surface area (Å²) in [7, 11) is 1.53. The highest BCUT2D eigenvalue weighted by molar-refractivity contribution is 9.10. The lowest BCUT2D eigenvalue weighted by molar-refractivity contribution is -0.112. The van der Waals surface area contributed by atoms with Crippen molar-refractivity contribution in [1.82, 2.24) is 0 Å². The van der Waals surface area contributed by atoms with Gasteiger partial charge in [-0.15, -0.1) is 0 Å². The Bertz CT molecular complexity index is 1190. The van der Waals surface area contributed by atoms with Crippen LogP contribution < -0.4 is 14.8 Å². The molecule has 0 spiro atoms. The molecule has 0 aliphatic carbocycles. The van der Waals surface area contributed by atoms with E-state index in [1.807, 2.05) is 30.3 Å². The number of ether oxygens (including phenoxy) is 2. The zero-order chi connectivity index (χ0) is 23.1. The Morgan fingerprint density at radius 1 is 1.12 bits per heavy atom. The number of nitriles is 1. The summed E-state index contributed by atoms with van der Waals surface area (Å²) in [5.41, 5.74) is 2.08. The van der Waals surface area contributed by atoms with Crippen LogP contribution in [0.25, 0.3) is 6.08 Å². The molecule has 0 unspecified atom stereocenters. The van der Waals surface area contributed by atoms with Gasteiger partial charge in [-0.3, -0.25) is 4.79 Å². The first-order valence-electron chi connectivity index (χ1n) is 9.33. The first-order valence-corrected chi connectivity index (χ1v) is 11.3. The molecule has 0 aliphatic rings. The summed E-state index contributed by atoms with van der Waals surface area (Å²) in [6.07, 6.45) is 1.48. The molecule has 0 bridgehead atoms. The van der Waals surface area contributed by atoms with Crippen LogP contribution in [0.3, 0.4) is 0 Å². The van der Waals surface area contributed by atoms with E-state index in [1.165, 1.54) is 13.2 Å². The highest BCUT2D eigenvalue weighted by Crippen LogP contribution is 2.38. The van der Waals surface area contributed by atoms with Gasteiger partial charge in [0.25, 0.3) is 5.91 Å². The molecule has 1 amide bonds. The number of nitrogens with one attached hydrogen (secondary N) is 1. The standard InChI is InChI=1S/C24H17Br2ClN2O3/c1-31-22-12-16(10-17(13-28)24(30)29-20-8-6-19(27)7-9-20)11-21(26)23(22)32-14-15-2-4-18(25)5-3-15/h2-12H,14H2,1H3,(H,29,30)/b17-10-. The number of carbonyl (C=O) groups excluding carboxylic acids is 1. The predicted molar refractivity (Wildman–Crippen MR) is 133 cm³/mol. The van der Waals surface area contributed by atoms with E-state index < -0.39 is 5.91 Å². The molecule has 0 atom stereocenters. The van der Waals surface area contributed by atoms with Gasteiger partial charge in [0.05, 0.1) is 11.6 Å². The molecule has 0 aliphatic heterocycles. The quantitative estimate of drug-likeness (QED) is 0.243. The second-order valence-electron chi connectivity index (χ2n) is 6.58. The maximum atomic E-state index is 12.5. The van der Waals surface area contributed by atoms with Gasteiger partial charge in [-0.05, 0) is 81.7 Å². The maximum Gasteiger partial charge on any atom is 0.266 e. The normalized spacial score (nSPS) is 10.9. The molecule has 3 aromatic rings. The van der Waals surface area contributed by atoms with Gasteiger partial charge < -0.3 is 14.8 Å². The number of hydrogen-bond acceptors (Lipinski definition) is 4. The van der Waals surface area contributed by atoms with Crippen LogP contribution in [-0.4, -0.2) is 13.0 Å². The van der Waals surface area contributed by atoms with Crippen molar-refractivity contribution in [3.63, 3.8) is 0 Å². The lowest BCUT2D eigenvalue weighted by Crippen LogP contribution is -2.13. The second kappa shape index (κ2) is 11.2. The molecule has 32 heavy (non-hydrogen) atoms. The second-order valence-corrected chi connectivity index (χ2v) is 8.79. The first kappa shape index (κ1) is 23.9. The molecule has 3 aromatic carbocycles. The number of rotatable bonds is 7. The Labute approximate surface area is 207 Å². The maximum absolute atomic E-state index is 12.5. The summed E-state index contributed by atoms with van der Waals surface area (Å²) >= 11 is 12.8. The molecule has 1 N–H and O–H groups in total. The Morgan fingerprint density at radius 2 is 1.81 bits per heavy atom. The van der Waals surface area contributed by atoms with Crippen molar-refractivity contribution in [1.29, 1.82) is 5.26 Å². The van der Waals surface area contributed by atoms with E-state index >= 15 is 0 Å². The van der Waals surface area contributed by atoms with Crippen LogP contribution in [0.4, 0.5) is 5.69 Å². The Hall–Kier alpha value is -2.79. The zero-order valence-corrected chi connectivity index (χ0v) is 20.8. The highest BCUT2D eigenvalue weighted by Gasteiger charge is 2.14. The minimum absolute atomic E-state index is 0.0579. The minimum atomic E-state index is -0.527. The third-order valence-electron chi connectivity index (χ3n) is 4.33. The Morgan fingerprint density at radius 3 is 2.44 bits per heavy atom. The average molecular weight is 577 g/mol. The van der Waals surface area contributed by atoms with Gasteiger partial charge in [-0.1, -0.05) is 39.7 Å². The molecule has 8 heteroatoms. The first-order chi connectivity index (χ1) is 15.4. The van der Waals surface area contributed by atoms with Crippen molar-refractivity contribution in [2.24, 2.45) is 0 Å². The molecule has 0 saturated carbocycles. The van der Waals surface area contributed by atoms with Gasteiger partial charge in [0.2, 0.25) is 0 Å². The van der Waals surface area contributed by atoms with Crippen molar-refractivity contribution in [3.05, 3.63) is 91.3 Å². The molecule has 0 radical (unpaired) electrons. The van der Waals surface area contributed by atoms with Crippen LogP contribution in [0, 0.1) is 11.3 Å². The van der Waals surface area contributed by atoms with Crippen LogP contribution in [-0.2, 0) is 11.4 Å². The number of anilines is 1. The lowest BCUT2D eigenvalue weighted by atomic mass is 10.1.